The van der Waals surface area contributed by atoms with Crippen molar-refractivity contribution in [3.63, 3.8) is 0 Å². The van der Waals surface area contributed by atoms with Gasteiger partial charge in [0.05, 0.1) is 11.4 Å². The Morgan fingerprint density at radius 1 is 1.24 bits per heavy atom. The third-order valence-corrected chi connectivity index (χ3v) is 3.07. The van der Waals surface area contributed by atoms with Crippen LogP contribution in [0.1, 0.15) is 25.7 Å². The number of carbonyl (C=O) groups excluding carboxylic acids is 1. The van der Waals surface area contributed by atoms with Crippen molar-refractivity contribution < 1.29 is 13.6 Å². The van der Waals surface area contributed by atoms with Crippen molar-refractivity contribution in [3.05, 3.63) is 23.8 Å². The normalized spacial score (nSPS) is 16.1. The number of nitrogens with one attached hydrogen (secondary N) is 1. The molecule has 0 spiro atoms. The number of benzene rings is 1. The number of halogens is 2. The first-order valence-electron chi connectivity index (χ1n) is 5.63. The molecule has 0 bridgehead atoms. The number of hydrogen-bond donors (Lipinski definition) is 2. The van der Waals surface area contributed by atoms with E-state index in [2.05, 4.69) is 5.32 Å². The monoisotopic (exact) mass is 240 g/mol. The van der Waals surface area contributed by atoms with Gasteiger partial charge >= 0.3 is 0 Å². The summed E-state index contributed by atoms with van der Waals surface area (Å²) in [4.78, 5) is 11.8. The summed E-state index contributed by atoms with van der Waals surface area (Å²) in [6.07, 6.45) is 3.69. The highest BCUT2D eigenvalue weighted by atomic mass is 19.1. The molecule has 3 N–H and O–H groups in total. The van der Waals surface area contributed by atoms with E-state index in [9.17, 15) is 13.6 Å². The van der Waals surface area contributed by atoms with Crippen molar-refractivity contribution in [2.75, 3.05) is 11.1 Å². The largest absolute Gasteiger partial charge is 0.396 e. The lowest BCUT2D eigenvalue weighted by Crippen LogP contribution is -2.21. The Morgan fingerprint density at radius 2 is 1.88 bits per heavy atom. The number of nitrogen functional groups attached to an aromatic ring is 1. The summed E-state index contributed by atoms with van der Waals surface area (Å²) < 4.78 is 26.3. The van der Waals surface area contributed by atoms with Gasteiger partial charge in [0, 0.05) is 12.0 Å². The molecule has 0 heterocycles. The second-order valence-electron chi connectivity index (χ2n) is 4.32. The minimum absolute atomic E-state index is 0.0548. The average Bonchev–Trinajstić information content (AvgIpc) is 2.79. The van der Waals surface area contributed by atoms with Crippen LogP contribution in [0.3, 0.4) is 0 Å². The number of nitrogens with two attached hydrogens (primary N) is 1. The van der Waals surface area contributed by atoms with Crippen LogP contribution in [-0.2, 0) is 4.79 Å². The molecule has 5 heteroatoms. The molecule has 0 atom stereocenters. The molecule has 1 saturated carbocycles. The molecule has 92 valence electrons. The zero-order valence-corrected chi connectivity index (χ0v) is 9.30. The van der Waals surface area contributed by atoms with Crippen LogP contribution in [0.4, 0.5) is 20.2 Å². The van der Waals surface area contributed by atoms with E-state index in [1.165, 1.54) is 0 Å². The lowest BCUT2D eigenvalue weighted by molar-refractivity contribution is -0.119. The fourth-order valence-corrected chi connectivity index (χ4v) is 2.08. The van der Waals surface area contributed by atoms with E-state index in [0.29, 0.717) is 6.07 Å². The molecule has 1 aromatic carbocycles. The van der Waals surface area contributed by atoms with Gasteiger partial charge in [0.1, 0.15) is 11.6 Å². The Balaban J connectivity index is 2.12. The molecular formula is C12H14F2N2O. The molecule has 0 unspecified atom stereocenters. The first kappa shape index (κ1) is 11.8. The van der Waals surface area contributed by atoms with Gasteiger partial charge in [-0.1, -0.05) is 12.8 Å². The third kappa shape index (κ3) is 2.54. The van der Waals surface area contributed by atoms with Crippen molar-refractivity contribution in [1.29, 1.82) is 0 Å². The van der Waals surface area contributed by atoms with Crippen LogP contribution in [0.25, 0.3) is 0 Å². The molecule has 1 aliphatic rings. The van der Waals surface area contributed by atoms with Crippen molar-refractivity contribution in [1.82, 2.24) is 0 Å². The molecule has 1 aromatic rings. The zero-order chi connectivity index (χ0) is 12.4. The third-order valence-electron chi connectivity index (χ3n) is 3.07. The molecule has 1 amide bonds. The topological polar surface area (TPSA) is 55.1 Å². The Labute approximate surface area is 98.0 Å². The van der Waals surface area contributed by atoms with Crippen LogP contribution in [0.2, 0.25) is 0 Å². The van der Waals surface area contributed by atoms with E-state index in [0.717, 1.165) is 31.7 Å². The highest BCUT2D eigenvalue weighted by molar-refractivity contribution is 5.93. The molecule has 1 aliphatic carbocycles. The highest BCUT2D eigenvalue weighted by Crippen LogP contribution is 2.27. The fraction of sp³-hybridized carbons (Fsp3) is 0.417. The maximum atomic E-state index is 13.4. The molecular weight excluding hydrogens is 226 g/mol. The summed E-state index contributed by atoms with van der Waals surface area (Å²) in [5.41, 5.74) is 5.10. The summed E-state index contributed by atoms with van der Waals surface area (Å²) in [5.74, 6) is -1.91. The van der Waals surface area contributed by atoms with Gasteiger partial charge in [-0.05, 0) is 18.9 Å². The SMILES string of the molecule is Nc1cc(NC(=O)C2CCCC2)c(F)cc1F. The quantitative estimate of drug-likeness (QED) is 0.781. The maximum absolute atomic E-state index is 13.4. The van der Waals surface area contributed by atoms with Gasteiger partial charge in [-0.2, -0.15) is 0 Å². The molecule has 0 saturated heterocycles. The highest BCUT2D eigenvalue weighted by Gasteiger charge is 2.23. The molecule has 0 radical (unpaired) electrons. The van der Waals surface area contributed by atoms with E-state index in [4.69, 9.17) is 5.73 Å². The van der Waals surface area contributed by atoms with E-state index in [1.807, 2.05) is 0 Å². The summed E-state index contributed by atoms with van der Waals surface area (Å²) in [6, 6.07) is 1.79. The Morgan fingerprint density at radius 3 is 2.53 bits per heavy atom. The fourth-order valence-electron chi connectivity index (χ4n) is 2.08. The lowest BCUT2D eigenvalue weighted by atomic mass is 10.1. The molecule has 2 rings (SSSR count). The van der Waals surface area contributed by atoms with Crippen molar-refractivity contribution in [2.24, 2.45) is 5.92 Å². The van der Waals surface area contributed by atoms with Crippen molar-refractivity contribution >= 4 is 17.3 Å². The average molecular weight is 240 g/mol. The zero-order valence-electron chi connectivity index (χ0n) is 9.30. The van der Waals surface area contributed by atoms with Crippen LogP contribution in [0, 0.1) is 17.6 Å². The molecule has 0 aliphatic heterocycles. The molecule has 1 fully saturated rings. The first-order chi connectivity index (χ1) is 8.08. The van der Waals surface area contributed by atoms with Crippen molar-refractivity contribution in [2.45, 2.75) is 25.7 Å². The van der Waals surface area contributed by atoms with Crippen LogP contribution in [0.5, 0.6) is 0 Å². The van der Waals surface area contributed by atoms with Gasteiger partial charge in [-0.15, -0.1) is 0 Å². The van der Waals surface area contributed by atoms with E-state index < -0.39 is 11.6 Å². The van der Waals surface area contributed by atoms with E-state index in [1.54, 1.807) is 0 Å². The lowest BCUT2D eigenvalue weighted by Gasteiger charge is -2.11. The second kappa shape index (κ2) is 4.69. The van der Waals surface area contributed by atoms with Crippen molar-refractivity contribution in [3.8, 4) is 0 Å². The molecule has 17 heavy (non-hydrogen) atoms. The Kier molecular flexibility index (Phi) is 3.26. The number of anilines is 2. The van der Waals surface area contributed by atoms with Gasteiger partial charge in [-0.3, -0.25) is 4.79 Å². The van der Waals surface area contributed by atoms with Gasteiger partial charge < -0.3 is 11.1 Å². The Hall–Kier alpha value is -1.65. The predicted octanol–water partition coefficient (Wildman–Crippen LogP) is 2.68. The minimum atomic E-state index is -0.818. The summed E-state index contributed by atoms with van der Waals surface area (Å²) >= 11 is 0. The van der Waals surface area contributed by atoms with Crippen LogP contribution < -0.4 is 11.1 Å². The smallest absolute Gasteiger partial charge is 0.227 e. The van der Waals surface area contributed by atoms with Crippen LogP contribution in [-0.4, -0.2) is 5.91 Å². The number of rotatable bonds is 2. The van der Waals surface area contributed by atoms with E-state index >= 15 is 0 Å². The standard InChI is InChI=1S/C12H14F2N2O/c13-8-5-9(14)11(6-10(8)15)16-12(17)7-3-1-2-4-7/h5-7H,1-4,15H2,(H,16,17). The van der Waals surface area contributed by atoms with Gasteiger partial charge in [0.15, 0.2) is 0 Å². The predicted molar refractivity (Wildman–Crippen MR) is 61.4 cm³/mol. The summed E-state index contributed by atoms with van der Waals surface area (Å²) in [7, 11) is 0. The minimum Gasteiger partial charge on any atom is -0.396 e. The van der Waals surface area contributed by atoms with E-state index in [-0.39, 0.29) is 23.2 Å². The maximum Gasteiger partial charge on any atom is 0.227 e. The number of amides is 1. The second-order valence-corrected chi connectivity index (χ2v) is 4.32. The summed E-state index contributed by atoms with van der Waals surface area (Å²) in [6.45, 7) is 0. The van der Waals surface area contributed by atoms with Gasteiger partial charge in [-0.25, -0.2) is 8.78 Å². The molecule has 0 aromatic heterocycles. The molecule has 3 nitrogen and oxygen atoms in total. The number of carbonyl (C=O) groups is 1. The number of hydrogen-bond acceptors (Lipinski definition) is 2. The first-order valence-corrected chi connectivity index (χ1v) is 5.63. The van der Waals surface area contributed by atoms with Crippen LogP contribution in [0.15, 0.2) is 12.1 Å². The van der Waals surface area contributed by atoms with Crippen LogP contribution >= 0.6 is 0 Å². The summed E-state index contributed by atoms with van der Waals surface area (Å²) in [5, 5.41) is 2.46. The Bertz CT molecular complexity index is 442. The van der Waals surface area contributed by atoms with Gasteiger partial charge in [0.2, 0.25) is 5.91 Å². The van der Waals surface area contributed by atoms with Gasteiger partial charge in [0.25, 0.3) is 0 Å².